The van der Waals surface area contributed by atoms with Gasteiger partial charge in [0.25, 0.3) is 0 Å². The fourth-order valence-electron chi connectivity index (χ4n) is 0.143. The fourth-order valence-corrected chi connectivity index (χ4v) is 0.143. The number of carboxylic acids is 1. The molecule has 0 aliphatic carbocycles. The molecular weight excluding hydrogens is 106 g/mol. The number of carboxylic acid groups (broad SMARTS) is 1. The van der Waals surface area contributed by atoms with Gasteiger partial charge in [-0.3, -0.25) is 4.79 Å². The van der Waals surface area contributed by atoms with Crippen LogP contribution in [0.5, 0.6) is 0 Å². The number of rotatable bonds is 2. The van der Waals surface area contributed by atoms with Crippen molar-refractivity contribution in [2.45, 2.75) is 19.7 Å². The smallest absolute Gasteiger partial charge is 0.320 e. The molecular formula is C5H11NO2. The Morgan fingerprint density at radius 1 is 1.88 bits per heavy atom. The van der Waals surface area contributed by atoms with E-state index in [0.717, 1.165) is 0 Å². The summed E-state index contributed by atoms with van der Waals surface area (Å²) < 4.78 is 41.4. The van der Waals surface area contributed by atoms with E-state index in [-0.39, 0.29) is 0 Å². The average Bonchev–Trinajstić information content (AvgIpc) is 1.79. The Labute approximate surface area is 56.9 Å². The van der Waals surface area contributed by atoms with Crippen LogP contribution in [-0.2, 0) is 4.79 Å². The highest BCUT2D eigenvalue weighted by Crippen LogP contribution is 1.96. The summed E-state index contributed by atoms with van der Waals surface area (Å²) in [6.45, 7) is -5.83. The van der Waals surface area contributed by atoms with E-state index in [1.807, 2.05) is 0 Å². The maximum absolute atomic E-state index is 10.4. The van der Waals surface area contributed by atoms with E-state index in [4.69, 9.17) is 19.1 Å². The van der Waals surface area contributed by atoms with Crippen LogP contribution in [0.15, 0.2) is 0 Å². The third-order valence-electron chi connectivity index (χ3n) is 0.644. The lowest BCUT2D eigenvalue weighted by atomic mass is 10.1. The zero-order valence-electron chi connectivity index (χ0n) is 10.1. The Bertz CT molecular complexity index is 207. The predicted octanol–water partition coefficient (Wildman–Crippen LogP) is 0.0543. The molecule has 3 heteroatoms. The van der Waals surface area contributed by atoms with Gasteiger partial charge in [-0.05, 0) is 5.92 Å². The molecule has 0 saturated heterocycles. The van der Waals surface area contributed by atoms with Crippen LogP contribution in [0.1, 0.15) is 21.9 Å². The zero-order chi connectivity index (χ0) is 11.7. The van der Waals surface area contributed by atoms with E-state index in [9.17, 15) is 4.79 Å². The molecule has 1 unspecified atom stereocenters. The summed E-state index contributed by atoms with van der Waals surface area (Å²) in [4.78, 5) is 10.4. The maximum atomic E-state index is 10.4. The largest absolute Gasteiger partial charge is 0.480 e. The molecule has 0 aliphatic rings. The van der Waals surface area contributed by atoms with Crippen LogP contribution in [0, 0.1) is 5.92 Å². The highest BCUT2D eigenvalue weighted by molar-refractivity contribution is 5.73. The minimum absolute atomic E-state index is 1.64. The molecule has 3 N–H and O–H groups in total. The summed E-state index contributed by atoms with van der Waals surface area (Å²) in [5.74, 6) is -3.69. The van der Waals surface area contributed by atoms with E-state index < -0.39 is 31.6 Å². The second-order valence-corrected chi connectivity index (χ2v) is 1.34. The van der Waals surface area contributed by atoms with Crippen LogP contribution in [0.2, 0.25) is 0 Å². The van der Waals surface area contributed by atoms with Gasteiger partial charge in [-0.25, -0.2) is 0 Å². The van der Waals surface area contributed by atoms with Crippen molar-refractivity contribution < 1.29 is 18.1 Å². The maximum Gasteiger partial charge on any atom is 0.320 e. The van der Waals surface area contributed by atoms with E-state index in [0.29, 0.717) is 0 Å². The Balaban J connectivity index is 5.03. The molecule has 0 bridgehead atoms. The Morgan fingerprint density at radius 2 is 2.38 bits per heavy atom. The lowest BCUT2D eigenvalue weighted by Crippen LogP contribution is -2.34. The third-order valence-corrected chi connectivity index (χ3v) is 0.644. The molecule has 0 aromatic carbocycles. The number of aliphatic carboxylic acids is 1. The van der Waals surface area contributed by atoms with Gasteiger partial charge in [-0.1, -0.05) is 13.7 Å². The van der Waals surface area contributed by atoms with Crippen molar-refractivity contribution in [1.29, 1.82) is 0 Å². The number of carbonyl (C=O) groups is 1. The number of nitrogens with two attached hydrogens (primary N) is 1. The van der Waals surface area contributed by atoms with Gasteiger partial charge in [0.2, 0.25) is 0 Å². The lowest BCUT2D eigenvalue weighted by molar-refractivity contribution is -0.139. The van der Waals surface area contributed by atoms with Gasteiger partial charge in [0.15, 0.2) is 0 Å². The minimum atomic E-state index is -2.91. The van der Waals surface area contributed by atoms with E-state index in [1.54, 1.807) is 0 Å². The van der Waals surface area contributed by atoms with Crippen LogP contribution in [-0.4, -0.2) is 17.1 Å². The molecule has 8 heavy (non-hydrogen) atoms. The van der Waals surface area contributed by atoms with Crippen LogP contribution in [0.3, 0.4) is 0 Å². The molecule has 0 fully saturated rings. The molecule has 0 radical (unpaired) electrons. The minimum Gasteiger partial charge on any atom is -0.480 e. The normalized spacial score (nSPS) is 28.2. The van der Waals surface area contributed by atoms with Crippen molar-refractivity contribution >= 4 is 5.97 Å². The molecule has 0 spiro atoms. The molecule has 1 atom stereocenters. The third kappa shape index (κ3) is 1.93. The number of hydrogen-bond donors (Lipinski definition) is 2. The van der Waals surface area contributed by atoms with Gasteiger partial charge >= 0.3 is 5.97 Å². The fraction of sp³-hybridized carbons (Fsp3) is 0.800. The lowest BCUT2D eigenvalue weighted by Gasteiger charge is -2.07. The molecule has 0 aromatic heterocycles. The summed E-state index contributed by atoms with van der Waals surface area (Å²) in [5, 5.41) is 8.45. The van der Waals surface area contributed by atoms with Gasteiger partial charge in [0.05, 0.1) is 0 Å². The second kappa shape index (κ2) is 2.67. The standard InChI is InChI=1S/C5H11NO2/c1-3(2)4(6)5(7)8/h3-4H,6H2,1-2H3,(H,7,8)/i1D3,2D3. The van der Waals surface area contributed by atoms with Crippen molar-refractivity contribution in [3.63, 3.8) is 0 Å². The summed E-state index contributed by atoms with van der Waals surface area (Å²) in [7, 11) is 0. The predicted molar refractivity (Wildman–Crippen MR) is 30.4 cm³/mol. The Kier molecular flexibility index (Phi) is 0.663. The van der Waals surface area contributed by atoms with Gasteiger partial charge in [0.1, 0.15) is 6.04 Å². The monoisotopic (exact) mass is 123 g/mol. The highest BCUT2D eigenvalue weighted by Gasteiger charge is 2.14. The molecule has 0 aromatic rings. The van der Waals surface area contributed by atoms with Crippen molar-refractivity contribution in [1.82, 2.24) is 0 Å². The SMILES string of the molecule is [2H]C([2H])([2H])C(C(N)C(=O)O)C([2H])([2H])[2H]. The van der Waals surface area contributed by atoms with E-state index in [1.165, 1.54) is 0 Å². The van der Waals surface area contributed by atoms with E-state index in [2.05, 4.69) is 0 Å². The van der Waals surface area contributed by atoms with Crippen molar-refractivity contribution in [3.05, 3.63) is 0 Å². The molecule has 0 rings (SSSR count). The molecule has 0 amide bonds. The van der Waals surface area contributed by atoms with Gasteiger partial charge in [-0.15, -0.1) is 0 Å². The first-order chi connectivity index (χ1) is 5.98. The number of hydrogen-bond acceptors (Lipinski definition) is 2. The Hall–Kier alpha value is -0.570. The Morgan fingerprint density at radius 3 is 2.50 bits per heavy atom. The van der Waals surface area contributed by atoms with E-state index >= 15 is 0 Å². The molecule has 0 saturated carbocycles. The quantitative estimate of drug-likeness (QED) is 0.545. The first-order valence-electron chi connectivity index (χ1n) is 4.96. The van der Waals surface area contributed by atoms with Crippen molar-refractivity contribution in [3.8, 4) is 0 Å². The summed E-state index contributed by atoms with van der Waals surface area (Å²) >= 11 is 0. The molecule has 0 heterocycles. The van der Waals surface area contributed by atoms with Crippen molar-refractivity contribution in [2.24, 2.45) is 11.7 Å². The molecule has 0 aliphatic heterocycles. The molecule has 48 valence electrons. The first-order valence-corrected chi connectivity index (χ1v) is 1.96. The molecule has 3 nitrogen and oxygen atoms in total. The zero-order valence-corrected chi connectivity index (χ0v) is 4.09. The van der Waals surface area contributed by atoms with Crippen molar-refractivity contribution in [2.75, 3.05) is 0 Å². The van der Waals surface area contributed by atoms with Crippen LogP contribution >= 0.6 is 0 Å². The highest BCUT2D eigenvalue weighted by atomic mass is 16.4. The summed E-state index contributed by atoms with van der Waals surface area (Å²) in [6.07, 6.45) is 0. The second-order valence-electron chi connectivity index (χ2n) is 1.34. The van der Waals surface area contributed by atoms with Crippen LogP contribution < -0.4 is 5.73 Å². The van der Waals surface area contributed by atoms with Gasteiger partial charge in [0, 0.05) is 8.22 Å². The first kappa shape index (κ1) is 1.99. The topological polar surface area (TPSA) is 63.3 Å². The van der Waals surface area contributed by atoms with Crippen LogP contribution in [0.25, 0.3) is 0 Å². The summed E-state index contributed by atoms with van der Waals surface area (Å²) in [5.41, 5.74) is 5.01. The average molecular weight is 123 g/mol. The van der Waals surface area contributed by atoms with Crippen LogP contribution in [0.4, 0.5) is 0 Å². The van der Waals surface area contributed by atoms with Gasteiger partial charge in [-0.2, -0.15) is 0 Å². The van der Waals surface area contributed by atoms with Gasteiger partial charge < -0.3 is 10.8 Å². The summed E-state index contributed by atoms with van der Waals surface area (Å²) in [6, 6.07) is -1.92.